The molecule has 0 saturated carbocycles. The van der Waals surface area contributed by atoms with E-state index >= 15 is 0 Å². The van der Waals surface area contributed by atoms with Gasteiger partial charge in [-0.2, -0.15) is 0 Å². The Hall–Kier alpha value is -1.07. The SMILES string of the molecule is Nc1ccccc1CCN1CCCS(=O)(=O)CC1. The van der Waals surface area contributed by atoms with Gasteiger partial charge in [0, 0.05) is 18.8 Å². The normalized spacial score (nSPS) is 20.4. The first-order valence-corrected chi connectivity index (χ1v) is 8.15. The molecule has 0 unspecified atom stereocenters. The van der Waals surface area contributed by atoms with Crippen LogP contribution in [-0.4, -0.2) is 44.5 Å². The molecule has 18 heavy (non-hydrogen) atoms. The minimum absolute atomic E-state index is 0.289. The van der Waals surface area contributed by atoms with Crippen molar-refractivity contribution in [1.29, 1.82) is 0 Å². The van der Waals surface area contributed by atoms with E-state index in [1.54, 1.807) is 0 Å². The van der Waals surface area contributed by atoms with Crippen molar-refractivity contribution in [1.82, 2.24) is 4.90 Å². The van der Waals surface area contributed by atoms with Crippen LogP contribution in [0.25, 0.3) is 0 Å². The zero-order valence-corrected chi connectivity index (χ0v) is 11.3. The molecule has 1 saturated heterocycles. The molecule has 1 fully saturated rings. The molecule has 0 aromatic heterocycles. The van der Waals surface area contributed by atoms with Gasteiger partial charge in [-0.3, -0.25) is 0 Å². The second-order valence-corrected chi connectivity index (χ2v) is 7.10. The van der Waals surface area contributed by atoms with Crippen LogP contribution in [0.1, 0.15) is 12.0 Å². The van der Waals surface area contributed by atoms with E-state index in [0.717, 1.165) is 37.2 Å². The number of benzene rings is 1. The summed E-state index contributed by atoms with van der Waals surface area (Å²) in [5, 5.41) is 0. The van der Waals surface area contributed by atoms with Crippen LogP contribution < -0.4 is 5.73 Å². The number of nitrogens with zero attached hydrogens (tertiary/aromatic N) is 1. The van der Waals surface area contributed by atoms with E-state index in [-0.39, 0.29) is 5.75 Å². The summed E-state index contributed by atoms with van der Waals surface area (Å²) in [5.74, 6) is 0.619. The quantitative estimate of drug-likeness (QED) is 0.828. The largest absolute Gasteiger partial charge is 0.399 e. The predicted octanol–water partition coefficient (Wildman–Crippen LogP) is 0.932. The summed E-state index contributed by atoms with van der Waals surface area (Å²) in [6.07, 6.45) is 1.62. The van der Waals surface area contributed by atoms with Gasteiger partial charge in [0.15, 0.2) is 9.84 Å². The van der Waals surface area contributed by atoms with Crippen molar-refractivity contribution in [3.8, 4) is 0 Å². The third-order valence-corrected chi connectivity index (χ3v) is 5.12. The molecule has 1 aromatic carbocycles. The maximum Gasteiger partial charge on any atom is 0.151 e. The van der Waals surface area contributed by atoms with Crippen LogP contribution in [0.15, 0.2) is 24.3 Å². The van der Waals surface area contributed by atoms with E-state index in [9.17, 15) is 8.42 Å². The van der Waals surface area contributed by atoms with E-state index < -0.39 is 9.84 Å². The number of rotatable bonds is 3. The molecule has 0 spiro atoms. The molecule has 5 heteroatoms. The molecule has 0 amide bonds. The van der Waals surface area contributed by atoms with Crippen molar-refractivity contribution in [3.05, 3.63) is 29.8 Å². The number of nitrogen functional groups attached to an aromatic ring is 1. The highest BCUT2D eigenvalue weighted by Gasteiger charge is 2.18. The topological polar surface area (TPSA) is 63.4 Å². The second kappa shape index (κ2) is 5.71. The van der Waals surface area contributed by atoms with Crippen molar-refractivity contribution < 1.29 is 8.42 Å². The number of hydrogen-bond acceptors (Lipinski definition) is 4. The third kappa shape index (κ3) is 3.71. The maximum atomic E-state index is 11.5. The number of hydrogen-bond donors (Lipinski definition) is 1. The van der Waals surface area contributed by atoms with Gasteiger partial charge in [-0.25, -0.2) is 8.42 Å². The standard InChI is InChI=1S/C13H20N2O2S/c14-13-5-2-1-4-12(13)6-8-15-7-3-10-18(16,17)11-9-15/h1-2,4-5H,3,6-11,14H2. The van der Waals surface area contributed by atoms with Crippen molar-refractivity contribution in [2.24, 2.45) is 0 Å². The lowest BCUT2D eigenvalue weighted by Crippen LogP contribution is -2.29. The first-order valence-electron chi connectivity index (χ1n) is 6.33. The fourth-order valence-electron chi connectivity index (χ4n) is 2.25. The minimum atomic E-state index is -2.81. The van der Waals surface area contributed by atoms with Gasteiger partial charge in [0.1, 0.15) is 0 Å². The lowest BCUT2D eigenvalue weighted by molar-refractivity contribution is 0.299. The molecule has 0 radical (unpaired) electrons. The predicted molar refractivity (Wildman–Crippen MR) is 74.3 cm³/mol. The maximum absolute atomic E-state index is 11.5. The smallest absolute Gasteiger partial charge is 0.151 e. The van der Waals surface area contributed by atoms with E-state index in [4.69, 9.17) is 5.73 Å². The van der Waals surface area contributed by atoms with E-state index in [1.165, 1.54) is 0 Å². The molecule has 100 valence electrons. The van der Waals surface area contributed by atoms with Crippen LogP contribution in [0.5, 0.6) is 0 Å². The van der Waals surface area contributed by atoms with Crippen LogP contribution in [0, 0.1) is 0 Å². The Bertz CT molecular complexity index is 499. The Balaban J connectivity index is 1.89. The molecule has 4 nitrogen and oxygen atoms in total. The Morgan fingerprint density at radius 1 is 1.17 bits per heavy atom. The molecule has 0 aliphatic carbocycles. The monoisotopic (exact) mass is 268 g/mol. The zero-order chi connectivity index (χ0) is 13.0. The number of anilines is 1. The molecular formula is C13H20N2O2S. The fraction of sp³-hybridized carbons (Fsp3) is 0.538. The van der Waals surface area contributed by atoms with Gasteiger partial charge in [0.2, 0.25) is 0 Å². The lowest BCUT2D eigenvalue weighted by Gasteiger charge is -2.19. The summed E-state index contributed by atoms with van der Waals surface area (Å²) >= 11 is 0. The molecule has 1 aliphatic heterocycles. The lowest BCUT2D eigenvalue weighted by atomic mass is 10.1. The summed E-state index contributed by atoms with van der Waals surface area (Å²) in [6, 6.07) is 7.85. The van der Waals surface area contributed by atoms with Gasteiger partial charge in [-0.1, -0.05) is 18.2 Å². The summed E-state index contributed by atoms with van der Waals surface area (Å²) in [7, 11) is -2.81. The first-order chi connectivity index (χ1) is 8.57. The van der Waals surface area contributed by atoms with Crippen LogP contribution in [0.3, 0.4) is 0 Å². The summed E-state index contributed by atoms with van der Waals surface area (Å²) < 4.78 is 23.0. The number of para-hydroxylation sites is 1. The molecule has 1 aromatic rings. The number of sulfone groups is 1. The fourth-order valence-corrected chi connectivity index (χ4v) is 3.56. The highest BCUT2D eigenvalue weighted by atomic mass is 32.2. The first kappa shape index (κ1) is 13.4. The van der Waals surface area contributed by atoms with Crippen LogP contribution in [0.4, 0.5) is 5.69 Å². The van der Waals surface area contributed by atoms with Gasteiger partial charge >= 0.3 is 0 Å². The molecule has 2 rings (SSSR count). The summed E-state index contributed by atoms with van der Waals surface area (Å²) in [5.41, 5.74) is 7.86. The van der Waals surface area contributed by atoms with Crippen molar-refractivity contribution >= 4 is 15.5 Å². The van der Waals surface area contributed by atoms with Crippen molar-refractivity contribution in [3.63, 3.8) is 0 Å². The van der Waals surface area contributed by atoms with Gasteiger partial charge in [-0.15, -0.1) is 0 Å². The molecule has 0 atom stereocenters. The van der Waals surface area contributed by atoms with Gasteiger partial charge < -0.3 is 10.6 Å². The van der Waals surface area contributed by atoms with Gasteiger partial charge in [0.05, 0.1) is 11.5 Å². The molecule has 1 aliphatic rings. The second-order valence-electron chi connectivity index (χ2n) is 4.80. The Labute approximate surface area is 109 Å². The van der Waals surface area contributed by atoms with E-state index in [1.807, 2.05) is 24.3 Å². The van der Waals surface area contributed by atoms with Crippen LogP contribution in [0.2, 0.25) is 0 Å². The van der Waals surface area contributed by atoms with Gasteiger partial charge in [0.25, 0.3) is 0 Å². The summed E-state index contributed by atoms with van der Waals surface area (Å²) in [6.45, 7) is 2.39. The van der Waals surface area contributed by atoms with E-state index in [2.05, 4.69) is 4.90 Å². The minimum Gasteiger partial charge on any atom is -0.399 e. The Kier molecular flexibility index (Phi) is 4.24. The highest BCUT2D eigenvalue weighted by Crippen LogP contribution is 2.12. The Morgan fingerprint density at radius 2 is 1.94 bits per heavy atom. The average Bonchev–Trinajstić information content (AvgIpc) is 2.50. The molecule has 0 bridgehead atoms. The van der Waals surface area contributed by atoms with Crippen LogP contribution >= 0.6 is 0 Å². The molecular weight excluding hydrogens is 248 g/mol. The highest BCUT2D eigenvalue weighted by molar-refractivity contribution is 7.91. The average molecular weight is 268 g/mol. The van der Waals surface area contributed by atoms with Crippen LogP contribution in [-0.2, 0) is 16.3 Å². The molecule has 2 N–H and O–H groups in total. The van der Waals surface area contributed by atoms with E-state index in [0.29, 0.717) is 12.3 Å². The van der Waals surface area contributed by atoms with Gasteiger partial charge in [-0.05, 0) is 31.0 Å². The van der Waals surface area contributed by atoms with Crippen molar-refractivity contribution in [2.75, 3.05) is 36.9 Å². The van der Waals surface area contributed by atoms with Crippen molar-refractivity contribution in [2.45, 2.75) is 12.8 Å². The zero-order valence-electron chi connectivity index (χ0n) is 10.5. The number of nitrogens with two attached hydrogens (primary N) is 1. The third-order valence-electron chi connectivity index (χ3n) is 3.40. The molecule has 1 heterocycles. The Morgan fingerprint density at radius 3 is 2.72 bits per heavy atom. The summed E-state index contributed by atoms with van der Waals surface area (Å²) in [4.78, 5) is 2.22.